The van der Waals surface area contributed by atoms with Gasteiger partial charge < -0.3 is 10.1 Å². The Morgan fingerprint density at radius 3 is 2.76 bits per heavy atom. The first kappa shape index (κ1) is 11.4. The third-order valence-corrected chi connectivity index (χ3v) is 2.26. The van der Waals surface area contributed by atoms with Crippen LogP contribution in [-0.4, -0.2) is 21.0 Å². The van der Waals surface area contributed by atoms with Crippen molar-refractivity contribution in [2.24, 2.45) is 0 Å². The van der Waals surface area contributed by atoms with Crippen molar-refractivity contribution >= 4 is 17.0 Å². The lowest BCUT2D eigenvalue weighted by atomic mass is 10.2. The Balaban J connectivity index is 2.48. The van der Waals surface area contributed by atoms with Gasteiger partial charge in [-0.15, -0.1) is 0 Å². The van der Waals surface area contributed by atoms with E-state index < -0.39 is 17.7 Å². The van der Waals surface area contributed by atoms with Gasteiger partial charge in [-0.2, -0.15) is 13.2 Å². The third-order valence-electron chi connectivity index (χ3n) is 2.26. The van der Waals surface area contributed by atoms with Crippen molar-refractivity contribution < 1.29 is 23.1 Å². The molecule has 4 nitrogen and oxygen atoms in total. The molecule has 0 atom stereocenters. The zero-order valence-electron chi connectivity index (χ0n) is 8.38. The molecular formula is C10H7F3N2O2. The van der Waals surface area contributed by atoms with E-state index in [4.69, 9.17) is 5.11 Å². The standard InChI is InChI=1S/C10H7F3N2O2/c11-10(12,13)6-2-7-9(15-4-6)5(3-14-7)1-8(16)17/h2-4,14H,1H2,(H,16,17). The lowest BCUT2D eigenvalue weighted by Gasteiger charge is -2.05. The van der Waals surface area contributed by atoms with Gasteiger partial charge in [0.15, 0.2) is 0 Å². The molecule has 2 aromatic rings. The Kier molecular flexibility index (Phi) is 2.53. The van der Waals surface area contributed by atoms with E-state index in [2.05, 4.69) is 9.97 Å². The van der Waals surface area contributed by atoms with Crippen molar-refractivity contribution in [2.45, 2.75) is 12.6 Å². The Labute approximate surface area is 93.1 Å². The topological polar surface area (TPSA) is 66.0 Å². The number of nitrogens with zero attached hydrogens (tertiary/aromatic N) is 1. The van der Waals surface area contributed by atoms with Gasteiger partial charge in [0.1, 0.15) is 0 Å². The van der Waals surface area contributed by atoms with Gasteiger partial charge in [-0.25, -0.2) is 0 Å². The number of pyridine rings is 1. The summed E-state index contributed by atoms with van der Waals surface area (Å²) in [6, 6.07) is 0.910. The van der Waals surface area contributed by atoms with E-state index in [1.165, 1.54) is 6.20 Å². The van der Waals surface area contributed by atoms with E-state index in [9.17, 15) is 18.0 Å². The molecule has 2 heterocycles. The van der Waals surface area contributed by atoms with Crippen LogP contribution in [0.2, 0.25) is 0 Å². The second kappa shape index (κ2) is 3.76. The number of carboxylic acids is 1. The number of halogens is 3. The number of hydrogen-bond acceptors (Lipinski definition) is 2. The minimum absolute atomic E-state index is 0.177. The molecule has 0 saturated carbocycles. The van der Waals surface area contributed by atoms with Crippen molar-refractivity contribution in [3.8, 4) is 0 Å². The van der Waals surface area contributed by atoms with Gasteiger partial charge in [-0.1, -0.05) is 0 Å². The average Bonchev–Trinajstić information content (AvgIpc) is 2.59. The molecule has 0 aliphatic carbocycles. The lowest BCUT2D eigenvalue weighted by Crippen LogP contribution is -2.05. The number of fused-ring (bicyclic) bond motifs is 1. The average molecular weight is 244 g/mol. The molecule has 0 aliphatic rings. The summed E-state index contributed by atoms with van der Waals surface area (Å²) in [6.45, 7) is 0. The van der Waals surface area contributed by atoms with Crippen LogP contribution in [-0.2, 0) is 17.4 Å². The molecule has 17 heavy (non-hydrogen) atoms. The Bertz CT molecular complexity index is 574. The monoisotopic (exact) mass is 244 g/mol. The number of aromatic nitrogens is 2. The van der Waals surface area contributed by atoms with Crippen LogP contribution in [0.4, 0.5) is 13.2 Å². The molecule has 0 amide bonds. The summed E-state index contributed by atoms with van der Waals surface area (Å²) in [5.41, 5.74) is -0.0774. The van der Waals surface area contributed by atoms with Crippen molar-refractivity contribution in [3.05, 3.63) is 29.6 Å². The number of carbonyl (C=O) groups is 1. The Morgan fingerprint density at radius 1 is 1.47 bits per heavy atom. The largest absolute Gasteiger partial charge is 0.481 e. The highest BCUT2D eigenvalue weighted by molar-refractivity contribution is 5.83. The molecule has 2 rings (SSSR count). The molecule has 2 aromatic heterocycles. The fraction of sp³-hybridized carbons (Fsp3) is 0.200. The van der Waals surface area contributed by atoms with Crippen LogP contribution < -0.4 is 0 Å². The number of hydrogen-bond donors (Lipinski definition) is 2. The van der Waals surface area contributed by atoms with Crippen molar-refractivity contribution in [3.63, 3.8) is 0 Å². The molecule has 7 heteroatoms. The molecule has 0 unspecified atom stereocenters. The van der Waals surface area contributed by atoms with Gasteiger partial charge in [0.25, 0.3) is 0 Å². The van der Waals surface area contributed by atoms with E-state index in [0.717, 1.165) is 6.07 Å². The minimum Gasteiger partial charge on any atom is -0.481 e. The van der Waals surface area contributed by atoms with Gasteiger partial charge in [0.2, 0.25) is 0 Å². The number of carboxylic acid groups (broad SMARTS) is 1. The summed E-state index contributed by atoms with van der Waals surface area (Å²) in [6.07, 6.45) is -2.69. The highest BCUT2D eigenvalue weighted by atomic mass is 19.4. The summed E-state index contributed by atoms with van der Waals surface area (Å²) in [4.78, 5) is 16.7. The first-order valence-corrected chi connectivity index (χ1v) is 4.63. The number of alkyl halides is 3. The van der Waals surface area contributed by atoms with Crippen LogP contribution >= 0.6 is 0 Å². The molecule has 0 spiro atoms. The van der Waals surface area contributed by atoms with Crippen LogP contribution in [0.5, 0.6) is 0 Å². The molecule has 0 fully saturated rings. The van der Waals surface area contributed by atoms with E-state index >= 15 is 0 Å². The highest BCUT2D eigenvalue weighted by Gasteiger charge is 2.31. The maximum Gasteiger partial charge on any atom is 0.417 e. The molecule has 0 aliphatic heterocycles. The Hall–Kier alpha value is -2.05. The second-order valence-electron chi connectivity index (χ2n) is 3.50. The predicted octanol–water partition coefficient (Wildman–Crippen LogP) is 2.21. The molecule has 0 aromatic carbocycles. The van der Waals surface area contributed by atoms with Crippen molar-refractivity contribution in [1.82, 2.24) is 9.97 Å². The lowest BCUT2D eigenvalue weighted by molar-refractivity contribution is -0.138. The maximum atomic E-state index is 12.4. The summed E-state index contributed by atoms with van der Waals surface area (Å²) in [5, 5.41) is 8.61. The fourth-order valence-electron chi connectivity index (χ4n) is 1.52. The fourth-order valence-corrected chi connectivity index (χ4v) is 1.52. The number of aromatic amines is 1. The van der Waals surface area contributed by atoms with Crippen LogP contribution in [0.1, 0.15) is 11.1 Å². The first-order valence-electron chi connectivity index (χ1n) is 4.63. The van der Waals surface area contributed by atoms with E-state index in [0.29, 0.717) is 11.8 Å². The summed E-state index contributed by atoms with van der Waals surface area (Å²) < 4.78 is 37.2. The number of rotatable bonds is 2. The molecule has 90 valence electrons. The summed E-state index contributed by atoms with van der Waals surface area (Å²) in [5.74, 6) is -1.06. The van der Waals surface area contributed by atoms with E-state index in [-0.39, 0.29) is 17.5 Å². The quantitative estimate of drug-likeness (QED) is 0.851. The minimum atomic E-state index is -4.46. The second-order valence-corrected chi connectivity index (χ2v) is 3.50. The van der Waals surface area contributed by atoms with Crippen molar-refractivity contribution in [1.29, 1.82) is 0 Å². The zero-order valence-corrected chi connectivity index (χ0v) is 8.38. The molecular weight excluding hydrogens is 237 g/mol. The van der Waals surface area contributed by atoms with Gasteiger partial charge in [-0.05, 0) is 6.07 Å². The maximum absolute atomic E-state index is 12.4. The highest BCUT2D eigenvalue weighted by Crippen LogP contribution is 2.30. The molecule has 0 saturated heterocycles. The van der Waals surface area contributed by atoms with E-state index in [1.807, 2.05) is 0 Å². The predicted molar refractivity (Wildman–Crippen MR) is 52.4 cm³/mol. The van der Waals surface area contributed by atoms with Crippen LogP contribution in [0.25, 0.3) is 11.0 Å². The summed E-state index contributed by atoms with van der Waals surface area (Å²) >= 11 is 0. The third kappa shape index (κ3) is 2.22. The van der Waals surface area contributed by atoms with E-state index in [1.54, 1.807) is 0 Å². The smallest absolute Gasteiger partial charge is 0.417 e. The number of aliphatic carboxylic acids is 1. The van der Waals surface area contributed by atoms with Crippen LogP contribution in [0, 0.1) is 0 Å². The zero-order chi connectivity index (χ0) is 12.6. The van der Waals surface area contributed by atoms with Crippen molar-refractivity contribution in [2.75, 3.05) is 0 Å². The van der Waals surface area contributed by atoms with Crippen LogP contribution in [0.15, 0.2) is 18.5 Å². The Morgan fingerprint density at radius 2 is 2.18 bits per heavy atom. The molecule has 0 radical (unpaired) electrons. The van der Waals surface area contributed by atoms with Gasteiger partial charge >= 0.3 is 12.1 Å². The van der Waals surface area contributed by atoms with Gasteiger partial charge in [0, 0.05) is 18.0 Å². The SMILES string of the molecule is O=C(O)Cc1c[nH]c2cc(C(F)(F)F)cnc12. The number of nitrogens with one attached hydrogen (secondary N) is 1. The normalized spacial score (nSPS) is 11.9. The number of H-pyrrole nitrogens is 1. The first-order chi connectivity index (χ1) is 7.88. The molecule has 2 N–H and O–H groups in total. The van der Waals surface area contributed by atoms with Crippen LogP contribution in [0.3, 0.4) is 0 Å². The van der Waals surface area contributed by atoms with Gasteiger partial charge in [-0.3, -0.25) is 9.78 Å². The molecule has 0 bridgehead atoms. The van der Waals surface area contributed by atoms with Gasteiger partial charge in [0.05, 0.1) is 23.0 Å². The summed E-state index contributed by atoms with van der Waals surface area (Å²) in [7, 11) is 0.